The molecule has 1 saturated carbocycles. The van der Waals surface area contributed by atoms with Crippen LogP contribution in [-0.4, -0.2) is 22.4 Å². The molecule has 3 heteroatoms. The second-order valence-corrected chi connectivity index (χ2v) is 5.29. The van der Waals surface area contributed by atoms with Crippen LogP contribution in [0.25, 0.3) is 11.1 Å². The van der Waals surface area contributed by atoms with Crippen molar-refractivity contribution in [3.8, 4) is 11.1 Å². The first-order chi connectivity index (χ1) is 9.42. The maximum absolute atomic E-state index is 4.43. The molecule has 1 aromatic heterocycles. The zero-order valence-electron chi connectivity index (χ0n) is 11.3. The molecule has 0 saturated heterocycles. The molecule has 0 amide bonds. The van der Waals surface area contributed by atoms with Gasteiger partial charge < -0.3 is 5.32 Å². The maximum atomic E-state index is 4.43. The summed E-state index contributed by atoms with van der Waals surface area (Å²) >= 11 is 0. The first-order valence-electron chi connectivity index (χ1n) is 7.23. The minimum Gasteiger partial charge on any atom is -0.312 e. The van der Waals surface area contributed by atoms with Crippen molar-refractivity contribution in [2.45, 2.75) is 38.3 Å². The SMILES string of the molecule is c1ccc(-c2cnn(CCNC3CCCC3)c2)cc1. The molecule has 3 nitrogen and oxygen atoms in total. The molecular weight excluding hydrogens is 234 g/mol. The van der Waals surface area contributed by atoms with E-state index in [1.54, 1.807) is 0 Å². The van der Waals surface area contributed by atoms with Crippen LogP contribution in [0, 0.1) is 0 Å². The number of aromatic nitrogens is 2. The maximum Gasteiger partial charge on any atom is 0.0568 e. The summed E-state index contributed by atoms with van der Waals surface area (Å²) in [6.07, 6.45) is 9.54. The first-order valence-corrected chi connectivity index (χ1v) is 7.23. The van der Waals surface area contributed by atoms with Gasteiger partial charge in [-0.25, -0.2) is 0 Å². The van der Waals surface area contributed by atoms with Crippen molar-refractivity contribution in [1.29, 1.82) is 0 Å². The Morgan fingerprint density at radius 3 is 2.68 bits per heavy atom. The Morgan fingerprint density at radius 2 is 1.89 bits per heavy atom. The molecule has 0 atom stereocenters. The van der Waals surface area contributed by atoms with E-state index in [9.17, 15) is 0 Å². The van der Waals surface area contributed by atoms with Gasteiger partial charge in [0.15, 0.2) is 0 Å². The molecule has 1 aliphatic rings. The van der Waals surface area contributed by atoms with Crippen LogP contribution in [0.3, 0.4) is 0 Å². The quantitative estimate of drug-likeness (QED) is 0.889. The van der Waals surface area contributed by atoms with Crippen LogP contribution in [0.4, 0.5) is 0 Å². The Hall–Kier alpha value is -1.61. The van der Waals surface area contributed by atoms with Crippen molar-refractivity contribution in [3.63, 3.8) is 0 Å². The molecule has 0 radical (unpaired) electrons. The lowest BCUT2D eigenvalue weighted by atomic mass is 10.1. The Labute approximate surface area is 114 Å². The molecular formula is C16H21N3. The molecule has 2 aromatic rings. The van der Waals surface area contributed by atoms with E-state index in [2.05, 4.69) is 40.9 Å². The van der Waals surface area contributed by atoms with Crippen molar-refractivity contribution in [3.05, 3.63) is 42.7 Å². The highest BCUT2D eigenvalue weighted by atomic mass is 15.3. The largest absolute Gasteiger partial charge is 0.312 e. The lowest BCUT2D eigenvalue weighted by Crippen LogP contribution is -2.29. The standard InChI is InChI=1S/C16H21N3/c1-2-6-14(7-3-1)15-12-18-19(13-15)11-10-17-16-8-4-5-9-16/h1-3,6-7,12-13,16-17H,4-5,8-11H2. The Balaban J connectivity index is 1.53. The van der Waals surface area contributed by atoms with Crippen LogP contribution in [0.1, 0.15) is 25.7 Å². The lowest BCUT2D eigenvalue weighted by Gasteiger charge is -2.11. The molecule has 0 bridgehead atoms. The Kier molecular flexibility index (Phi) is 3.94. The third-order valence-electron chi connectivity index (χ3n) is 3.87. The molecule has 1 fully saturated rings. The highest BCUT2D eigenvalue weighted by Gasteiger charge is 2.13. The average Bonchev–Trinajstić information content (AvgIpc) is 3.11. The molecule has 0 unspecified atom stereocenters. The highest BCUT2D eigenvalue weighted by molar-refractivity contribution is 5.61. The van der Waals surface area contributed by atoms with Gasteiger partial charge in [0.05, 0.1) is 12.7 Å². The molecule has 1 aliphatic carbocycles. The molecule has 1 aromatic carbocycles. The monoisotopic (exact) mass is 255 g/mol. The summed E-state index contributed by atoms with van der Waals surface area (Å²) in [7, 11) is 0. The normalized spacial score (nSPS) is 16.0. The van der Waals surface area contributed by atoms with E-state index < -0.39 is 0 Å². The van der Waals surface area contributed by atoms with Gasteiger partial charge in [0.25, 0.3) is 0 Å². The smallest absolute Gasteiger partial charge is 0.0568 e. The van der Waals surface area contributed by atoms with Crippen molar-refractivity contribution < 1.29 is 0 Å². The molecule has 1 heterocycles. The van der Waals surface area contributed by atoms with E-state index in [4.69, 9.17) is 0 Å². The number of nitrogens with one attached hydrogen (secondary N) is 1. The summed E-state index contributed by atoms with van der Waals surface area (Å²) in [6, 6.07) is 11.2. The zero-order valence-corrected chi connectivity index (χ0v) is 11.3. The molecule has 100 valence electrons. The Bertz CT molecular complexity index is 498. The van der Waals surface area contributed by atoms with E-state index in [1.807, 2.05) is 16.9 Å². The van der Waals surface area contributed by atoms with Gasteiger partial charge in [0.1, 0.15) is 0 Å². The van der Waals surface area contributed by atoms with E-state index in [-0.39, 0.29) is 0 Å². The van der Waals surface area contributed by atoms with Gasteiger partial charge in [-0.15, -0.1) is 0 Å². The van der Waals surface area contributed by atoms with E-state index in [1.165, 1.54) is 36.8 Å². The van der Waals surface area contributed by atoms with Gasteiger partial charge in [-0.1, -0.05) is 43.2 Å². The predicted molar refractivity (Wildman–Crippen MR) is 77.9 cm³/mol. The minimum atomic E-state index is 0.740. The molecule has 0 aliphatic heterocycles. The van der Waals surface area contributed by atoms with Gasteiger partial charge in [-0.05, 0) is 18.4 Å². The van der Waals surface area contributed by atoms with Crippen LogP contribution < -0.4 is 5.32 Å². The summed E-state index contributed by atoms with van der Waals surface area (Å²) in [5.74, 6) is 0. The van der Waals surface area contributed by atoms with Crippen LogP contribution in [0.15, 0.2) is 42.7 Å². The summed E-state index contributed by atoms with van der Waals surface area (Å²) in [6.45, 7) is 1.96. The summed E-state index contributed by atoms with van der Waals surface area (Å²) < 4.78 is 2.03. The van der Waals surface area contributed by atoms with Crippen molar-refractivity contribution >= 4 is 0 Å². The van der Waals surface area contributed by atoms with Crippen molar-refractivity contribution in [2.75, 3.05) is 6.54 Å². The average molecular weight is 255 g/mol. The topological polar surface area (TPSA) is 29.9 Å². The number of benzene rings is 1. The zero-order chi connectivity index (χ0) is 12.9. The second kappa shape index (κ2) is 6.02. The van der Waals surface area contributed by atoms with Gasteiger partial charge in [-0.3, -0.25) is 4.68 Å². The van der Waals surface area contributed by atoms with E-state index in [0.717, 1.165) is 19.1 Å². The van der Waals surface area contributed by atoms with Crippen molar-refractivity contribution in [2.24, 2.45) is 0 Å². The lowest BCUT2D eigenvalue weighted by molar-refractivity contribution is 0.481. The van der Waals surface area contributed by atoms with E-state index in [0.29, 0.717) is 0 Å². The van der Waals surface area contributed by atoms with E-state index >= 15 is 0 Å². The molecule has 0 spiro atoms. The highest BCUT2D eigenvalue weighted by Crippen LogP contribution is 2.18. The summed E-state index contributed by atoms with van der Waals surface area (Å²) in [5, 5.41) is 8.05. The first kappa shape index (κ1) is 12.4. The van der Waals surface area contributed by atoms with Crippen LogP contribution in [0.2, 0.25) is 0 Å². The fourth-order valence-electron chi connectivity index (χ4n) is 2.78. The fourth-order valence-corrected chi connectivity index (χ4v) is 2.78. The second-order valence-electron chi connectivity index (χ2n) is 5.29. The van der Waals surface area contributed by atoms with Gasteiger partial charge >= 0.3 is 0 Å². The number of hydrogen-bond donors (Lipinski definition) is 1. The summed E-state index contributed by atoms with van der Waals surface area (Å²) in [4.78, 5) is 0. The number of rotatable bonds is 5. The fraction of sp³-hybridized carbons (Fsp3) is 0.438. The third kappa shape index (κ3) is 3.24. The molecule has 3 rings (SSSR count). The Morgan fingerprint density at radius 1 is 1.11 bits per heavy atom. The molecule has 19 heavy (non-hydrogen) atoms. The number of hydrogen-bond acceptors (Lipinski definition) is 2. The third-order valence-corrected chi connectivity index (χ3v) is 3.87. The van der Waals surface area contributed by atoms with Crippen LogP contribution in [-0.2, 0) is 6.54 Å². The number of nitrogens with zero attached hydrogens (tertiary/aromatic N) is 2. The van der Waals surface area contributed by atoms with Crippen molar-refractivity contribution in [1.82, 2.24) is 15.1 Å². The van der Waals surface area contributed by atoms with Crippen LogP contribution >= 0.6 is 0 Å². The predicted octanol–water partition coefficient (Wildman–Crippen LogP) is 3.08. The minimum absolute atomic E-state index is 0.740. The van der Waals surface area contributed by atoms with Gasteiger partial charge in [0, 0.05) is 24.3 Å². The molecule has 1 N–H and O–H groups in total. The van der Waals surface area contributed by atoms with Gasteiger partial charge in [-0.2, -0.15) is 5.10 Å². The van der Waals surface area contributed by atoms with Crippen LogP contribution in [0.5, 0.6) is 0 Å². The van der Waals surface area contributed by atoms with Gasteiger partial charge in [0.2, 0.25) is 0 Å². The summed E-state index contributed by atoms with van der Waals surface area (Å²) in [5.41, 5.74) is 2.43.